The Bertz CT molecular complexity index is 374. The molecule has 22 heavy (non-hydrogen) atoms. The minimum atomic E-state index is -0.489. The van der Waals surface area contributed by atoms with Gasteiger partial charge in [0.15, 0.2) is 6.10 Å². The van der Waals surface area contributed by atoms with E-state index < -0.39 is 6.10 Å². The van der Waals surface area contributed by atoms with Gasteiger partial charge in [0.05, 0.1) is 0 Å². The first kappa shape index (κ1) is 20.5. The molecule has 0 amide bonds. The van der Waals surface area contributed by atoms with Crippen LogP contribution in [0.15, 0.2) is 25.3 Å². The van der Waals surface area contributed by atoms with Gasteiger partial charge in [-0.1, -0.05) is 57.6 Å². The van der Waals surface area contributed by atoms with Crippen molar-refractivity contribution in [1.82, 2.24) is 0 Å². The van der Waals surface area contributed by atoms with Crippen LogP contribution in [0.5, 0.6) is 0 Å². The molecule has 0 radical (unpaired) electrons. The van der Waals surface area contributed by atoms with Gasteiger partial charge in [-0.3, -0.25) is 4.79 Å². The number of allylic oxidation sites excluding steroid dienone is 2. The zero-order valence-electron chi connectivity index (χ0n) is 14.4. The molecular formula is C20H32O2. The van der Waals surface area contributed by atoms with Crippen LogP contribution < -0.4 is 0 Å². The van der Waals surface area contributed by atoms with Crippen LogP contribution in [0.1, 0.15) is 71.6 Å². The Hall–Kier alpha value is -1.49. The number of hydrogen-bond donors (Lipinski definition) is 0. The van der Waals surface area contributed by atoms with E-state index in [0.29, 0.717) is 6.42 Å². The van der Waals surface area contributed by atoms with Crippen molar-refractivity contribution in [1.29, 1.82) is 0 Å². The van der Waals surface area contributed by atoms with Crippen LogP contribution in [0.4, 0.5) is 0 Å². The maximum absolute atomic E-state index is 11.9. The minimum Gasteiger partial charge on any atom is -0.449 e. The fourth-order valence-electron chi connectivity index (χ4n) is 2.35. The number of carbonyl (C=O) groups is 1. The monoisotopic (exact) mass is 304 g/mol. The first-order chi connectivity index (χ1) is 10.5. The van der Waals surface area contributed by atoms with E-state index in [1.807, 2.05) is 26.0 Å². The molecule has 1 unspecified atom stereocenters. The normalized spacial score (nSPS) is 12.2. The third kappa shape index (κ3) is 9.45. The molecule has 1 atom stereocenters. The number of ether oxygens (including phenoxy) is 1. The van der Waals surface area contributed by atoms with E-state index in [4.69, 9.17) is 11.2 Å². The van der Waals surface area contributed by atoms with Gasteiger partial charge in [0.25, 0.3) is 0 Å². The van der Waals surface area contributed by atoms with Crippen LogP contribution in [0.2, 0.25) is 0 Å². The highest BCUT2D eigenvalue weighted by Crippen LogP contribution is 2.28. The predicted molar refractivity (Wildman–Crippen MR) is 94.4 cm³/mol. The summed E-state index contributed by atoms with van der Waals surface area (Å²) >= 11 is 0. The summed E-state index contributed by atoms with van der Waals surface area (Å²) in [4.78, 5) is 11.9. The molecule has 0 aromatic rings. The summed E-state index contributed by atoms with van der Waals surface area (Å²) in [5.74, 6) is 2.40. The van der Waals surface area contributed by atoms with Gasteiger partial charge in [-0.2, -0.15) is 0 Å². The van der Waals surface area contributed by atoms with Crippen LogP contribution in [0, 0.1) is 17.8 Å². The minimum absolute atomic E-state index is 0.188. The lowest BCUT2D eigenvalue weighted by atomic mass is 9.83. The number of carbonyl (C=O) groups excluding carboxylic acids is 1. The highest BCUT2D eigenvalue weighted by atomic mass is 16.5. The van der Waals surface area contributed by atoms with Crippen LogP contribution in [0.25, 0.3) is 0 Å². The van der Waals surface area contributed by atoms with E-state index in [0.717, 1.165) is 25.7 Å². The van der Waals surface area contributed by atoms with Gasteiger partial charge in [-0.25, -0.2) is 0 Å². The SMILES string of the molecule is C#CC(OC(=O)CCCCCCCCC=C)C(C)(C)CC=C. The van der Waals surface area contributed by atoms with Crippen LogP contribution >= 0.6 is 0 Å². The smallest absolute Gasteiger partial charge is 0.307 e. The average Bonchev–Trinajstić information content (AvgIpc) is 2.47. The number of esters is 1. The summed E-state index contributed by atoms with van der Waals surface area (Å²) in [5.41, 5.74) is -0.267. The maximum Gasteiger partial charge on any atom is 0.307 e. The first-order valence-corrected chi connectivity index (χ1v) is 8.35. The van der Waals surface area contributed by atoms with Crippen molar-refractivity contribution >= 4 is 5.97 Å². The molecule has 0 saturated heterocycles. The second kappa shape index (κ2) is 12.1. The largest absolute Gasteiger partial charge is 0.449 e. The Morgan fingerprint density at radius 2 is 1.73 bits per heavy atom. The van der Waals surface area contributed by atoms with Crippen LogP contribution in [-0.2, 0) is 9.53 Å². The summed E-state index contributed by atoms with van der Waals surface area (Å²) < 4.78 is 5.44. The summed E-state index contributed by atoms with van der Waals surface area (Å²) in [6, 6.07) is 0. The number of rotatable bonds is 13. The molecule has 0 rings (SSSR count). The third-order valence-electron chi connectivity index (χ3n) is 3.82. The Labute approximate surface area is 137 Å². The predicted octanol–water partition coefficient (Wildman–Crippen LogP) is 5.44. The zero-order valence-corrected chi connectivity index (χ0v) is 14.4. The Kier molecular flexibility index (Phi) is 11.3. The fourth-order valence-corrected chi connectivity index (χ4v) is 2.35. The lowest BCUT2D eigenvalue weighted by Gasteiger charge is -2.29. The van der Waals surface area contributed by atoms with Gasteiger partial charge < -0.3 is 4.74 Å². The lowest BCUT2D eigenvalue weighted by molar-refractivity contribution is -0.151. The summed E-state index contributed by atoms with van der Waals surface area (Å²) in [7, 11) is 0. The number of unbranched alkanes of at least 4 members (excludes halogenated alkanes) is 6. The lowest BCUT2D eigenvalue weighted by Crippen LogP contribution is -2.32. The van der Waals surface area contributed by atoms with Gasteiger partial charge in [-0.05, 0) is 25.7 Å². The van der Waals surface area contributed by atoms with Gasteiger partial charge in [0, 0.05) is 11.8 Å². The van der Waals surface area contributed by atoms with E-state index in [1.165, 1.54) is 25.7 Å². The highest BCUT2D eigenvalue weighted by molar-refractivity contribution is 5.69. The molecule has 2 nitrogen and oxygen atoms in total. The molecule has 2 heteroatoms. The molecule has 0 aliphatic heterocycles. The van der Waals surface area contributed by atoms with Crippen molar-refractivity contribution in [3.05, 3.63) is 25.3 Å². The molecule has 124 valence electrons. The van der Waals surface area contributed by atoms with Crippen molar-refractivity contribution in [3.8, 4) is 12.3 Å². The molecule has 0 aromatic carbocycles. The van der Waals surface area contributed by atoms with Gasteiger partial charge in [0.2, 0.25) is 0 Å². The molecule has 0 aromatic heterocycles. The quantitative estimate of drug-likeness (QED) is 0.196. The van der Waals surface area contributed by atoms with Gasteiger partial charge in [-0.15, -0.1) is 19.6 Å². The average molecular weight is 304 g/mol. The highest BCUT2D eigenvalue weighted by Gasteiger charge is 2.29. The summed E-state index contributed by atoms with van der Waals surface area (Å²) in [6.45, 7) is 11.4. The van der Waals surface area contributed by atoms with E-state index in [-0.39, 0.29) is 11.4 Å². The van der Waals surface area contributed by atoms with E-state index in [1.54, 1.807) is 0 Å². The molecule has 0 bridgehead atoms. The van der Waals surface area contributed by atoms with E-state index in [9.17, 15) is 4.79 Å². The van der Waals surface area contributed by atoms with Crippen molar-refractivity contribution in [2.45, 2.75) is 77.7 Å². The first-order valence-electron chi connectivity index (χ1n) is 8.35. The van der Waals surface area contributed by atoms with Gasteiger partial charge in [0.1, 0.15) is 0 Å². The molecule has 0 N–H and O–H groups in total. The topological polar surface area (TPSA) is 26.3 Å². The van der Waals surface area contributed by atoms with Crippen molar-refractivity contribution in [3.63, 3.8) is 0 Å². The molecule has 0 spiro atoms. The summed E-state index contributed by atoms with van der Waals surface area (Å²) in [6.07, 6.45) is 17.9. The van der Waals surface area contributed by atoms with Crippen molar-refractivity contribution in [2.75, 3.05) is 0 Å². The molecule has 0 saturated carbocycles. The van der Waals surface area contributed by atoms with Gasteiger partial charge >= 0.3 is 5.97 Å². The fraction of sp³-hybridized carbons (Fsp3) is 0.650. The van der Waals surface area contributed by atoms with Crippen LogP contribution in [-0.4, -0.2) is 12.1 Å². The Morgan fingerprint density at radius 3 is 2.27 bits per heavy atom. The molecule has 0 fully saturated rings. The molecule has 0 aliphatic carbocycles. The third-order valence-corrected chi connectivity index (χ3v) is 3.82. The number of hydrogen-bond acceptors (Lipinski definition) is 2. The molecule has 0 heterocycles. The second-order valence-corrected chi connectivity index (χ2v) is 6.47. The molecule has 0 aliphatic rings. The second-order valence-electron chi connectivity index (χ2n) is 6.47. The van der Waals surface area contributed by atoms with Crippen molar-refractivity contribution < 1.29 is 9.53 Å². The Balaban J connectivity index is 3.86. The van der Waals surface area contributed by atoms with E-state index in [2.05, 4.69) is 19.1 Å². The summed E-state index contributed by atoms with van der Waals surface area (Å²) in [5, 5.41) is 0. The maximum atomic E-state index is 11.9. The zero-order chi connectivity index (χ0) is 16.8. The van der Waals surface area contributed by atoms with E-state index >= 15 is 0 Å². The Morgan fingerprint density at radius 1 is 1.14 bits per heavy atom. The standard InChI is InChI=1S/C20H32O2/c1-6-9-10-11-12-13-14-15-16-19(21)22-18(8-3)20(4,5)17-7-2/h3,6-7,18H,1-2,9-17H2,4-5H3. The number of terminal acetylenes is 1. The molecular weight excluding hydrogens is 272 g/mol. The van der Waals surface area contributed by atoms with Crippen LogP contribution in [0.3, 0.4) is 0 Å². The van der Waals surface area contributed by atoms with Crippen molar-refractivity contribution in [2.24, 2.45) is 5.41 Å².